The Morgan fingerprint density at radius 2 is 1.81 bits per heavy atom. The Morgan fingerprint density at radius 3 is 2.62 bits per heavy atom. The average molecular weight is 435 g/mol. The van der Waals surface area contributed by atoms with Gasteiger partial charge in [-0.25, -0.2) is 22.9 Å². The lowest BCUT2D eigenvalue weighted by molar-refractivity contribution is 0.442. The Balaban J connectivity index is 1.70. The molecule has 0 radical (unpaired) electrons. The van der Waals surface area contributed by atoms with Gasteiger partial charge in [-0.1, -0.05) is 0 Å². The van der Waals surface area contributed by atoms with Crippen molar-refractivity contribution in [2.45, 2.75) is 6.92 Å². The number of halogens is 3. The lowest BCUT2D eigenvalue weighted by atomic mass is 10.1. The van der Waals surface area contributed by atoms with Crippen LogP contribution in [0.25, 0.3) is 39.2 Å². The van der Waals surface area contributed by atoms with Crippen molar-refractivity contribution >= 4 is 11.0 Å². The van der Waals surface area contributed by atoms with E-state index in [2.05, 4.69) is 15.0 Å². The van der Waals surface area contributed by atoms with E-state index in [1.54, 1.807) is 30.7 Å². The number of hydrogen-bond acceptors (Lipinski definition) is 3. The van der Waals surface area contributed by atoms with E-state index in [4.69, 9.17) is 0 Å². The zero-order valence-corrected chi connectivity index (χ0v) is 17.0. The number of aromatic nitrogens is 5. The van der Waals surface area contributed by atoms with Crippen LogP contribution in [0.1, 0.15) is 5.56 Å². The molecule has 4 heterocycles. The lowest BCUT2D eigenvalue weighted by Gasteiger charge is -2.12. The summed E-state index contributed by atoms with van der Waals surface area (Å²) in [6.45, 7) is 1.29. The van der Waals surface area contributed by atoms with Crippen molar-refractivity contribution in [1.82, 2.24) is 24.1 Å². The molecule has 160 valence electrons. The summed E-state index contributed by atoms with van der Waals surface area (Å²) >= 11 is 0. The molecule has 32 heavy (non-hydrogen) atoms. The minimum absolute atomic E-state index is 0.0930. The number of pyridine rings is 2. The maximum Gasteiger partial charge on any atom is 0.333 e. The van der Waals surface area contributed by atoms with E-state index < -0.39 is 23.1 Å². The maximum atomic E-state index is 14.2. The highest BCUT2D eigenvalue weighted by molar-refractivity contribution is 5.82. The predicted molar refractivity (Wildman–Crippen MR) is 114 cm³/mol. The van der Waals surface area contributed by atoms with E-state index in [0.717, 1.165) is 32.8 Å². The Labute approximate surface area is 179 Å². The number of fused-ring (bicyclic) bond motifs is 1. The smallest absolute Gasteiger partial charge is 0.333 e. The first-order valence-electron chi connectivity index (χ1n) is 9.68. The summed E-state index contributed by atoms with van der Waals surface area (Å²) in [5.41, 5.74) is 2.28. The molecule has 0 bridgehead atoms. The number of H-pyrrole nitrogens is 1. The molecule has 0 aliphatic carbocycles. The van der Waals surface area contributed by atoms with Gasteiger partial charge < -0.3 is 9.55 Å². The second-order valence-electron chi connectivity index (χ2n) is 7.44. The number of imidazole rings is 1. The van der Waals surface area contributed by atoms with Crippen LogP contribution in [0.5, 0.6) is 0 Å². The molecule has 0 spiro atoms. The molecule has 5 aromatic rings. The Hall–Kier alpha value is -4.14. The van der Waals surface area contributed by atoms with E-state index in [1.165, 1.54) is 24.7 Å². The first kappa shape index (κ1) is 19.8. The predicted octanol–water partition coefficient (Wildman–Crippen LogP) is 4.51. The van der Waals surface area contributed by atoms with Crippen molar-refractivity contribution in [1.29, 1.82) is 0 Å². The van der Waals surface area contributed by atoms with Crippen LogP contribution in [-0.2, 0) is 7.05 Å². The molecular weight excluding hydrogens is 419 g/mol. The van der Waals surface area contributed by atoms with Gasteiger partial charge in [-0.3, -0.25) is 9.55 Å². The van der Waals surface area contributed by atoms with Crippen LogP contribution in [0.15, 0.2) is 59.9 Å². The summed E-state index contributed by atoms with van der Waals surface area (Å²) < 4.78 is 44.3. The molecule has 0 aliphatic heterocycles. The topological polar surface area (TPSA) is 68.5 Å². The third-order valence-corrected chi connectivity index (χ3v) is 5.43. The Kier molecular flexibility index (Phi) is 4.47. The van der Waals surface area contributed by atoms with Crippen molar-refractivity contribution in [3.05, 3.63) is 88.6 Å². The van der Waals surface area contributed by atoms with E-state index in [0.29, 0.717) is 11.4 Å². The van der Waals surface area contributed by atoms with E-state index in [9.17, 15) is 18.0 Å². The molecule has 0 amide bonds. The monoisotopic (exact) mass is 435 g/mol. The summed E-state index contributed by atoms with van der Waals surface area (Å²) in [5.74, 6) is -4.30. The summed E-state index contributed by atoms with van der Waals surface area (Å²) in [6, 6.07) is 8.24. The highest BCUT2D eigenvalue weighted by atomic mass is 19.2. The molecule has 0 aliphatic rings. The highest BCUT2D eigenvalue weighted by Crippen LogP contribution is 2.29. The summed E-state index contributed by atoms with van der Waals surface area (Å²) in [4.78, 5) is 24.6. The number of nitrogens with one attached hydrogen (secondary N) is 1. The van der Waals surface area contributed by atoms with Gasteiger partial charge in [0.05, 0.1) is 17.1 Å². The molecule has 0 fully saturated rings. The van der Waals surface area contributed by atoms with E-state index in [1.807, 2.05) is 12.1 Å². The van der Waals surface area contributed by atoms with Crippen molar-refractivity contribution in [2.24, 2.45) is 7.05 Å². The van der Waals surface area contributed by atoms with Gasteiger partial charge in [0.2, 0.25) is 0 Å². The third-order valence-electron chi connectivity index (χ3n) is 5.43. The SMILES string of the molecule is Cc1c(-n2c(-c3cc(-c4cnc5[nH]ccc5c4)ccn3)cn(C)c2=O)cc(F)c(F)c1F. The van der Waals surface area contributed by atoms with Gasteiger partial charge >= 0.3 is 5.69 Å². The second kappa shape index (κ2) is 7.23. The number of benzene rings is 1. The van der Waals surface area contributed by atoms with Crippen molar-refractivity contribution in [3.8, 4) is 28.2 Å². The van der Waals surface area contributed by atoms with Gasteiger partial charge in [0.15, 0.2) is 17.5 Å². The number of rotatable bonds is 3. The first-order valence-corrected chi connectivity index (χ1v) is 9.68. The lowest BCUT2D eigenvalue weighted by Crippen LogP contribution is -2.22. The number of hydrogen-bond donors (Lipinski definition) is 1. The average Bonchev–Trinajstić information content (AvgIpc) is 3.39. The largest absolute Gasteiger partial charge is 0.346 e. The molecule has 5 rings (SSSR count). The Morgan fingerprint density at radius 1 is 1.00 bits per heavy atom. The minimum atomic E-state index is -1.58. The quantitative estimate of drug-likeness (QED) is 0.424. The first-order chi connectivity index (χ1) is 15.3. The van der Waals surface area contributed by atoms with Crippen LogP contribution < -0.4 is 5.69 Å². The van der Waals surface area contributed by atoms with Crippen molar-refractivity contribution < 1.29 is 13.2 Å². The summed E-state index contributed by atoms with van der Waals surface area (Å²) in [7, 11) is 1.52. The highest BCUT2D eigenvalue weighted by Gasteiger charge is 2.22. The standard InChI is InChI=1S/C23H16F3N5O/c1-12-18(9-16(24)21(26)20(12)25)31-19(11-30(2)23(31)32)17-8-13(3-5-27-17)15-7-14-4-6-28-22(14)29-10-15/h3-11H,1-2H3,(H,28,29). The van der Waals surface area contributed by atoms with E-state index >= 15 is 0 Å². The fourth-order valence-electron chi connectivity index (χ4n) is 3.72. The number of aryl methyl sites for hydroxylation is 1. The second-order valence-corrected chi connectivity index (χ2v) is 7.44. The van der Waals surface area contributed by atoms with Gasteiger partial charge in [-0.05, 0) is 36.8 Å². The molecular formula is C23H16F3N5O. The van der Waals surface area contributed by atoms with Gasteiger partial charge in [-0.15, -0.1) is 0 Å². The zero-order valence-electron chi connectivity index (χ0n) is 17.0. The molecule has 0 saturated heterocycles. The van der Waals surface area contributed by atoms with Gasteiger partial charge in [-0.2, -0.15) is 0 Å². The number of aromatic amines is 1. The van der Waals surface area contributed by atoms with Gasteiger partial charge in [0, 0.05) is 54.4 Å². The molecule has 4 aromatic heterocycles. The third kappa shape index (κ3) is 3.01. The van der Waals surface area contributed by atoms with Crippen LogP contribution in [0.3, 0.4) is 0 Å². The van der Waals surface area contributed by atoms with Gasteiger partial charge in [0.1, 0.15) is 5.65 Å². The zero-order chi connectivity index (χ0) is 22.6. The van der Waals surface area contributed by atoms with Crippen LogP contribution in [0.2, 0.25) is 0 Å². The summed E-state index contributed by atoms with van der Waals surface area (Å²) in [5, 5.41) is 0.936. The molecule has 1 aromatic carbocycles. The molecule has 0 atom stereocenters. The van der Waals surface area contributed by atoms with Crippen molar-refractivity contribution in [3.63, 3.8) is 0 Å². The van der Waals surface area contributed by atoms with Gasteiger partial charge in [0.25, 0.3) is 0 Å². The summed E-state index contributed by atoms with van der Waals surface area (Å²) in [6.07, 6.45) is 6.60. The Bertz CT molecular complexity index is 1560. The maximum absolute atomic E-state index is 14.2. The van der Waals surface area contributed by atoms with E-state index in [-0.39, 0.29) is 11.3 Å². The molecule has 0 unspecified atom stereocenters. The molecule has 6 nitrogen and oxygen atoms in total. The van der Waals surface area contributed by atoms with Crippen molar-refractivity contribution in [2.75, 3.05) is 0 Å². The fourth-order valence-corrected chi connectivity index (χ4v) is 3.72. The molecule has 9 heteroatoms. The normalized spacial score (nSPS) is 11.4. The van der Waals surface area contributed by atoms with Crippen LogP contribution in [-0.4, -0.2) is 24.1 Å². The van der Waals surface area contributed by atoms with Crippen LogP contribution in [0, 0.1) is 24.4 Å². The van der Waals surface area contributed by atoms with Crippen LogP contribution in [0.4, 0.5) is 13.2 Å². The number of nitrogens with zero attached hydrogens (tertiary/aromatic N) is 4. The molecule has 0 saturated carbocycles. The minimum Gasteiger partial charge on any atom is -0.346 e. The fraction of sp³-hybridized carbons (Fsp3) is 0.0870. The molecule has 1 N–H and O–H groups in total. The van der Waals surface area contributed by atoms with Crippen LogP contribution >= 0.6 is 0 Å².